The van der Waals surface area contributed by atoms with Crippen molar-refractivity contribution in [2.75, 3.05) is 53.0 Å². The van der Waals surface area contributed by atoms with E-state index in [1.807, 2.05) is 6.92 Å². The van der Waals surface area contributed by atoms with Gasteiger partial charge >= 0.3 is 0 Å². The summed E-state index contributed by atoms with van der Waals surface area (Å²) in [5, 5.41) is 4.29. The first-order valence-corrected chi connectivity index (χ1v) is 8.42. The number of nitrogens with zero attached hydrogens (tertiary/aromatic N) is 5. The standard InChI is InChI=1S/C16H25N5O3/c1-13-10-20(12-15(22)18(13)2)16(23)14-9-17-21(11-14)4-3-19-5-7-24-8-6-19/h9,11,13H,3-8,10,12H2,1-2H3. The van der Waals surface area contributed by atoms with Crippen LogP contribution < -0.4 is 0 Å². The molecule has 0 bridgehead atoms. The van der Waals surface area contributed by atoms with Crippen molar-refractivity contribution in [3.8, 4) is 0 Å². The molecular weight excluding hydrogens is 310 g/mol. The van der Waals surface area contributed by atoms with Gasteiger partial charge in [-0.25, -0.2) is 0 Å². The minimum atomic E-state index is -0.124. The molecule has 0 aliphatic carbocycles. The number of carbonyl (C=O) groups excluding carboxylic acids is 2. The summed E-state index contributed by atoms with van der Waals surface area (Å²) in [6.45, 7) is 7.70. The summed E-state index contributed by atoms with van der Waals surface area (Å²) in [6.07, 6.45) is 3.37. The highest BCUT2D eigenvalue weighted by molar-refractivity contribution is 5.96. The van der Waals surface area contributed by atoms with Crippen LogP contribution in [0.2, 0.25) is 0 Å². The number of hydrogen-bond acceptors (Lipinski definition) is 5. The smallest absolute Gasteiger partial charge is 0.257 e. The summed E-state index contributed by atoms with van der Waals surface area (Å²) >= 11 is 0. The fraction of sp³-hybridized carbons (Fsp3) is 0.688. The number of aromatic nitrogens is 2. The Labute approximate surface area is 141 Å². The number of hydrogen-bond donors (Lipinski definition) is 0. The second-order valence-corrected chi connectivity index (χ2v) is 6.49. The highest BCUT2D eigenvalue weighted by Gasteiger charge is 2.30. The lowest BCUT2D eigenvalue weighted by atomic mass is 10.2. The molecule has 2 fully saturated rings. The minimum Gasteiger partial charge on any atom is -0.379 e. The van der Waals surface area contributed by atoms with E-state index >= 15 is 0 Å². The molecule has 8 nitrogen and oxygen atoms in total. The summed E-state index contributed by atoms with van der Waals surface area (Å²) in [4.78, 5) is 30.1. The van der Waals surface area contributed by atoms with Gasteiger partial charge < -0.3 is 14.5 Å². The van der Waals surface area contributed by atoms with Crippen LogP contribution in [0, 0.1) is 0 Å². The second kappa shape index (κ2) is 7.31. The van der Waals surface area contributed by atoms with E-state index in [9.17, 15) is 9.59 Å². The molecule has 24 heavy (non-hydrogen) atoms. The van der Waals surface area contributed by atoms with Crippen molar-refractivity contribution < 1.29 is 14.3 Å². The Morgan fingerprint density at radius 2 is 2.08 bits per heavy atom. The molecule has 0 spiro atoms. The van der Waals surface area contributed by atoms with E-state index in [0.29, 0.717) is 12.1 Å². The van der Waals surface area contributed by atoms with Gasteiger partial charge in [0.2, 0.25) is 5.91 Å². The molecule has 3 rings (SSSR count). The van der Waals surface area contributed by atoms with Crippen molar-refractivity contribution in [1.29, 1.82) is 0 Å². The van der Waals surface area contributed by atoms with Gasteiger partial charge in [0, 0.05) is 45.5 Å². The Kier molecular flexibility index (Phi) is 5.15. The minimum absolute atomic E-state index is 0.0261. The van der Waals surface area contributed by atoms with Crippen LogP contribution in [0.15, 0.2) is 12.4 Å². The SMILES string of the molecule is CC1CN(C(=O)c2cnn(CCN3CCOCC3)c2)CC(=O)N1C. The Hall–Kier alpha value is -1.93. The zero-order valence-electron chi connectivity index (χ0n) is 14.3. The quantitative estimate of drug-likeness (QED) is 0.743. The monoisotopic (exact) mass is 335 g/mol. The molecule has 1 aromatic heterocycles. The lowest BCUT2D eigenvalue weighted by molar-refractivity contribution is -0.136. The van der Waals surface area contributed by atoms with Gasteiger partial charge in [-0.1, -0.05) is 0 Å². The van der Waals surface area contributed by atoms with Crippen molar-refractivity contribution in [2.24, 2.45) is 0 Å². The van der Waals surface area contributed by atoms with E-state index in [4.69, 9.17) is 4.74 Å². The molecule has 3 heterocycles. The Balaban J connectivity index is 1.56. The van der Waals surface area contributed by atoms with E-state index in [0.717, 1.165) is 39.4 Å². The van der Waals surface area contributed by atoms with E-state index in [-0.39, 0.29) is 24.4 Å². The summed E-state index contributed by atoms with van der Waals surface area (Å²) in [7, 11) is 1.78. The predicted molar refractivity (Wildman–Crippen MR) is 87.6 cm³/mol. The molecule has 0 aromatic carbocycles. The highest BCUT2D eigenvalue weighted by atomic mass is 16.5. The van der Waals surface area contributed by atoms with Crippen molar-refractivity contribution >= 4 is 11.8 Å². The summed E-state index contributed by atoms with van der Waals surface area (Å²) in [6, 6.07) is 0.0339. The van der Waals surface area contributed by atoms with Gasteiger partial charge in [0.05, 0.1) is 31.5 Å². The molecule has 1 aromatic rings. The lowest BCUT2D eigenvalue weighted by Crippen LogP contribution is -2.55. The van der Waals surface area contributed by atoms with Gasteiger partial charge in [-0.3, -0.25) is 19.2 Å². The molecule has 1 unspecified atom stereocenters. The average molecular weight is 335 g/mol. The zero-order chi connectivity index (χ0) is 17.1. The van der Waals surface area contributed by atoms with Crippen LogP contribution in [0.25, 0.3) is 0 Å². The fourth-order valence-corrected chi connectivity index (χ4v) is 3.03. The number of piperazine rings is 1. The molecule has 1 atom stereocenters. The third-order valence-corrected chi connectivity index (χ3v) is 4.78. The molecule has 2 saturated heterocycles. The van der Waals surface area contributed by atoms with E-state index < -0.39 is 0 Å². The summed E-state index contributed by atoms with van der Waals surface area (Å²) in [5.74, 6) is -0.150. The third-order valence-electron chi connectivity index (χ3n) is 4.78. The van der Waals surface area contributed by atoms with Gasteiger partial charge in [-0.15, -0.1) is 0 Å². The molecule has 8 heteroatoms. The van der Waals surface area contributed by atoms with Gasteiger partial charge in [0.1, 0.15) is 6.54 Å². The number of amides is 2. The highest BCUT2D eigenvalue weighted by Crippen LogP contribution is 2.12. The van der Waals surface area contributed by atoms with Crippen LogP contribution in [0.5, 0.6) is 0 Å². The van der Waals surface area contributed by atoms with Crippen molar-refractivity contribution in [1.82, 2.24) is 24.5 Å². The van der Waals surface area contributed by atoms with Crippen LogP contribution >= 0.6 is 0 Å². The fourth-order valence-electron chi connectivity index (χ4n) is 3.03. The van der Waals surface area contributed by atoms with Gasteiger partial charge in [0.25, 0.3) is 5.91 Å². The Morgan fingerprint density at radius 3 is 2.79 bits per heavy atom. The maximum Gasteiger partial charge on any atom is 0.257 e. The van der Waals surface area contributed by atoms with E-state index in [2.05, 4.69) is 10.00 Å². The molecule has 2 aliphatic heterocycles. The zero-order valence-corrected chi connectivity index (χ0v) is 14.3. The molecule has 2 amide bonds. The lowest BCUT2D eigenvalue weighted by Gasteiger charge is -2.37. The molecule has 0 radical (unpaired) electrons. The first-order valence-electron chi connectivity index (χ1n) is 8.42. The summed E-state index contributed by atoms with van der Waals surface area (Å²) in [5.41, 5.74) is 0.543. The Bertz CT molecular complexity index is 596. The summed E-state index contributed by atoms with van der Waals surface area (Å²) < 4.78 is 7.13. The van der Waals surface area contributed by atoms with E-state index in [1.54, 1.807) is 33.9 Å². The molecule has 0 N–H and O–H groups in total. The van der Waals surface area contributed by atoms with Crippen molar-refractivity contribution in [3.63, 3.8) is 0 Å². The molecular formula is C16H25N5O3. The van der Waals surface area contributed by atoms with Gasteiger partial charge in [0.15, 0.2) is 0 Å². The van der Waals surface area contributed by atoms with Crippen molar-refractivity contribution in [3.05, 3.63) is 18.0 Å². The number of likely N-dealkylation sites (N-methyl/N-ethyl adjacent to an activating group) is 1. The number of morpholine rings is 1. The normalized spacial score (nSPS) is 22.9. The Morgan fingerprint density at radius 1 is 1.33 bits per heavy atom. The van der Waals surface area contributed by atoms with Crippen molar-refractivity contribution in [2.45, 2.75) is 19.5 Å². The molecule has 132 valence electrons. The third kappa shape index (κ3) is 3.76. The number of rotatable bonds is 4. The van der Waals surface area contributed by atoms with Gasteiger partial charge in [-0.05, 0) is 6.92 Å². The maximum atomic E-state index is 12.6. The van der Waals surface area contributed by atoms with Gasteiger partial charge in [-0.2, -0.15) is 5.10 Å². The maximum absolute atomic E-state index is 12.6. The number of ether oxygens (including phenoxy) is 1. The van der Waals surface area contributed by atoms with Crippen LogP contribution in [0.3, 0.4) is 0 Å². The van der Waals surface area contributed by atoms with Crippen LogP contribution in [0.1, 0.15) is 17.3 Å². The predicted octanol–water partition coefficient (Wildman–Crippen LogP) is -0.482. The van der Waals surface area contributed by atoms with Crippen LogP contribution in [-0.4, -0.2) is 95.3 Å². The van der Waals surface area contributed by atoms with Crippen LogP contribution in [-0.2, 0) is 16.1 Å². The topological polar surface area (TPSA) is 70.9 Å². The van der Waals surface area contributed by atoms with Crippen LogP contribution in [0.4, 0.5) is 0 Å². The van der Waals surface area contributed by atoms with E-state index in [1.165, 1.54) is 0 Å². The first kappa shape index (κ1) is 16.9. The molecule has 0 saturated carbocycles. The first-order chi connectivity index (χ1) is 11.5. The second-order valence-electron chi connectivity index (χ2n) is 6.49. The molecule has 2 aliphatic rings. The average Bonchev–Trinajstić information content (AvgIpc) is 3.06. The number of carbonyl (C=O) groups is 2. The largest absolute Gasteiger partial charge is 0.379 e.